The van der Waals surface area contributed by atoms with E-state index in [0.29, 0.717) is 22.8 Å². The quantitative estimate of drug-likeness (QED) is 0.568. The number of allylic oxidation sites excluding steroid dienone is 1. The monoisotopic (exact) mass is 382 g/mol. The van der Waals surface area contributed by atoms with Gasteiger partial charge in [-0.1, -0.05) is 30.3 Å². The van der Waals surface area contributed by atoms with Crippen molar-refractivity contribution in [3.05, 3.63) is 71.4 Å². The number of hydrogen-bond acceptors (Lipinski definition) is 5. The zero-order valence-corrected chi connectivity index (χ0v) is 15.7. The lowest BCUT2D eigenvalue weighted by Crippen LogP contribution is -2.45. The largest absolute Gasteiger partial charge is 0.497 e. The summed E-state index contributed by atoms with van der Waals surface area (Å²) in [6, 6.07) is 15.4. The van der Waals surface area contributed by atoms with Crippen molar-refractivity contribution in [3.8, 4) is 11.5 Å². The molecule has 1 atom stereocenters. The van der Waals surface area contributed by atoms with Crippen LogP contribution >= 0.6 is 0 Å². The summed E-state index contributed by atoms with van der Waals surface area (Å²) in [7, 11) is 1.58. The predicted molar refractivity (Wildman–Crippen MR) is 103 cm³/mol. The van der Waals surface area contributed by atoms with Crippen molar-refractivity contribution in [2.24, 2.45) is 0 Å². The first-order valence-electron chi connectivity index (χ1n) is 8.85. The van der Waals surface area contributed by atoms with Gasteiger partial charge in [-0.05, 0) is 36.8 Å². The summed E-state index contributed by atoms with van der Waals surface area (Å²) in [6.45, 7) is 2.00. The molecule has 0 saturated carbocycles. The Hall–Kier alpha value is -3.48. The van der Waals surface area contributed by atoms with Crippen LogP contribution in [0.25, 0.3) is 0 Å². The Labute approximate surface area is 163 Å². The minimum atomic E-state index is -0.609. The van der Waals surface area contributed by atoms with Gasteiger partial charge in [-0.3, -0.25) is 0 Å². The molecule has 7 nitrogen and oxygen atoms in total. The van der Waals surface area contributed by atoms with E-state index < -0.39 is 12.0 Å². The molecule has 0 saturated heterocycles. The summed E-state index contributed by atoms with van der Waals surface area (Å²) in [5, 5.41) is 5.39. The summed E-state index contributed by atoms with van der Waals surface area (Å²) in [4.78, 5) is 24.6. The number of benzene rings is 2. The Morgan fingerprint density at radius 1 is 1.00 bits per heavy atom. The van der Waals surface area contributed by atoms with Crippen molar-refractivity contribution in [2.75, 3.05) is 20.3 Å². The van der Waals surface area contributed by atoms with Gasteiger partial charge in [-0.15, -0.1) is 0 Å². The molecule has 1 heterocycles. The fraction of sp³-hybridized carbons (Fsp3) is 0.238. The summed E-state index contributed by atoms with van der Waals surface area (Å²) in [5.74, 6) is 0.881. The summed E-state index contributed by atoms with van der Waals surface area (Å²) in [5.41, 5.74) is 1.56. The van der Waals surface area contributed by atoms with E-state index in [1.165, 1.54) is 0 Å². The van der Waals surface area contributed by atoms with Crippen molar-refractivity contribution < 1.29 is 23.8 Å². The lowest BCUT2D eigenvalue weighted by Gasteiger charge is -2.28. The van der Waals surface area contributed by atoms with E-state index in [2.05, 4.69) is 10.6 Å². The average Bonchev–Trinajstić information content (AvgIpc) is 2.71. The molecule has 1 aliphatic rings. The van der Waals surface area contributed by atoms with Crippen LogP contribution in [0.4, 0.5) is 4.79 Å². The molecule has 0 radical (unpaired) electrons. The SMILES string of the molecule is COc1ccc(C2NC(=O)NC(C)=C2C(=O)OCCOc2ccccc2)cc1. The highest BCUT2D eigenvalue weighted by Gasteiger charge is 2.32. The molecule has 2 aromatic rings. The molecule has 1 unspecified atom stereocenters. The third-order valence-corrected chi connectivity index (χ3v) is 4.27. The molecule has 3 rings (SSSR count). The van der Waals surface area contributed by atoms with Gasteiger partial charge in [-0.25, -0.2) is 9.59 Å². The molecule has 0 bridgehead atoms. The van der Waals surface area contributed by atoms with Gasteiger partial charge in [0, 0.05) is 5.70 Å². The van der Waals surface area contributed by atoms with E-state index in [-0.39, 0.29) is 19.2 Å². The lowest BCUT2D eigenvalue weighted by atomic mass is 9.95. The van der Waals surface area contributed by atoms with E-state index in [1.54, 1.807) is 38.3 Å². The Balaban J connectivity index is 1.67. The topological polar surface area (TPSA) is 85.9 Å². The van der Waals surface area contributed by atoms with Crippen molar-refractivity contribution >= 4 is 12.0 Å². The average molecular weight is 382 g/mol. The van der Waals surface area contributed by atoms with Crippen LogP contribution in [0.1, 0.15) is 18.5 Å². The van der Waals surface area contributed by atoms with Crippen LogP contribution in [0.15, 0.2) is 65.9 Å². The smallest absolute Gasteiger partial charge is 0.338 e. The number of hydrogen-bond donors (Lipinski definition) is 2. The Morgan fingerprint density at radius 2 is 1.71 bits per heavy atom. The number of methoxy groups -OCH3 is 1. The molecular formula is C21H22N2O5. The van der Waals surface area contributed by atoms with Crippen LogP contribution in [0.2, 0.25) is 0 Å². The van der Waals surface area contributed by atoms with Crippen LogP contribution < -0.4 is 20.1 Å². The maximum Gasteiger partial charge on any atom is 0.338 e. The maximum atomic E-state index is 12.7. The highest BCUT2D eigenvalue weighted by atomic mass is 16.6. The number of para-hydroxylation sites is 1. The first kappa shape index (κ1) is 19.3. The molecule has 1 aliphatic heterocycles. The van der Waals surface area contributed by atoms with E-state index in [4.69, 9.17) is 14.2 Å². The predicted octanol–water partition coefficient (Wildman–Crippen LogP) is 2.95. The molecule has 0 aromatic heterocycles. The van der Waals surface area contributed by atoms with Crippen LogP contribution in [0.5, 0.6) is 11.5 Å². The van der Waals surface area contributed by atoms with Gasteiger partial charge in [0.25, 0.3) is 0 Å². The number of carbonyl (C=O) groups excluding carboxylic acids is 2. The number of nitrogens with one attached hydrogen (secondary N) is 2. The summed E-state index contributed by atoms with van der Waals surface area (Å²) < 4.78 is 16.1. The van der Waals surface area contributed by atoms with E-state index in [1.807, 2.05) is 30.3 Å². The van der Waals surface area contributed by atoms with Crippen LogP contribution in [0.3, 0.4) is 0 Å². The highest BCUT2D eigenvalue weighted by molar-refractivity contribution is 5.95. The summed E-state index contributed by atoms with van der Waals surface area (Å²) >= 11 is 0. The van der Waals surface area contributed by atoms with Crippen LogP contribution in [0, 0.1) is 0 Å². The molecule has 2 aromatic carbocycles. The molecule has 7 heteroatoms. The normalized spacial score (nSPS) is 16.1. The fourth-order valence-electron chi connectivity index (χ4n) is 2.90. The minimum Gasteiger partial charge on any atom is -0.497 e. The van der Waals surface area contributed by atoms with Crippen molar-refractivity contribution in [2.45, 2.75) is 13.0 Å². The van der Waals surface area contributed by atoms with Crippen molar-refractivity contribution in [1.29, 1.82) is 0 Å². The third kappa shape index (κ3) is 4.62. The molecule has 0 aliphatic carbocycles. The van der Waals surface area contributed by atoms with Gasteiger partial charge in [0.1, 0.15) is 24.7 Å². The molecular weight excluding hydrogens is 360 g/mol. The van der Waals surface area contributed by atoms with Crippen molar-refractivity contribution in [1.82, 2.24) is 10.6 Å². The van der Waals surface area contributed by atoms with Gasteiger partial charge >= 0.3 is 12.0 Å². The van der Waals surface area contributed by atoms with Gasteiger partial charge in [0.05, 0.1) is 18.7 Å². The standard InChI is InChI=1S/C21H22N2O5/c1-14-18(20(24)28-13-12-27-17-6-4-3-5-7-17)19(23-21(25)22-14)15-8-10-16(26-2)11-9-15/h3-11,19H,12-13H2,1-2H3,(H2,22,23,25). The second-order valence-electron chi connectivity index (χ2n) is 6.14. The molecule has 2 amide bonds. The van der Waals surface area contributed by atoms with Crippen LogP contribution in [-0.4, -0.2) is 32.3 Å². The second-order valence-corrected chi connectivity index (χ2v) is 6.14. The van der Waals surface area contributed by atoms with Crippen LogP contribution in [-0.2, 0) is 9.53 Å². The lowest BCUT2D eigenvalue weighted by molar-refractivity contribution is -0.140. The first-order chi connectivity index (χ1) is 13.6. The Bertz CT molecular complexity index is 862. The zero-order valence-electron chi connectivity index (χ0n) is 15.7. The van der Waals surface area contributed by atoms with Gasteiger partial charge in [0.15, 0.2) is 0 Å². The zero-order chi connectivity index (χ0) is 19.9. The molecule has 2 N–H and O–H groups in total. The van der Waals surface area contributed by atoms with E-state index in [9.17, 15) is 9.59 Å². The number of ether oxygens (including phenoxy) is 3. The Morgan fingerprint density at radius 3 is 2.39 bits per heavy atom. The molecule has 28 heavy (non-hydrogen) atoms. The second kappa shape index (κ2) is 8.94. The number of amides is 2. The number of carbonyl (C=O) groups is 2. The molecule has 0 fully saturated rings. The Kier molecular flexibility index (Phi) is 6.16. The number of esters is 1. The van der Waals surface area contributed by atoms with E-state index in [0.717, 1.165) is 5.56 Å². The summed E-state index contributed by atoms with van der Waals surface area (Å²) in [6.07, 6.45) is 0. The van der Waals surface area contributed by atoms with Crippen molar-refractivity contribution in [3.63, 3.8) is 0 Å². The molecule has 0 spiro atoms. The van der Waals surface area contributed by atoms with Gasteiger partial charge in [-0.2, -0.15) is 0 Å². The first-order valence-corrected chi connectivity index (χ1v) is 8.85. The van der Waals surface area contributed by atoms with Gasteiger partial charge in [0.2, 0.25) is 0 Å². The third-order valence-electron chi connectivity index (χ3n) is 4.27. The number of urea groups is 1. The minimum absolute atomic E-state index is 0.0911. The maximum absolute atomic E-state index is 12.7. The van der Waals surface area contributed by atoms with Gasteiger partial charge < -0.3 is 24.8 Å². The van der Waals surface area contributed by atoms with E-state index >= 15 is 0 Å². The highest BCUT2D eigenvalue weighted by Crippen LogP contribution is 2.28. The number of rotatable bonds is 7. The fourth-order valence-corrected chi connectivity index (χ4v) is 2.90. The molecule has 146 valence electrons.